The lowest BCUT2D eigenvalue weighted by Gasteiger charge is -2.17. The smallest absolute Gasteiger partial charge is 0.326 e. The Bertz CT molecular complexity index is 715. The van der Waals surface area contributed by atoms with Gasteiger partial charge in [0.15, 0.2) is 0 Å². The van der Waals surface area contributed by atoms with Crippen LogP contribution in [0.15, 0.2) is 30.5 Å². The highest BCUT2D eigenvalue weighted by Crippen LogP contribution is 2.19. The summed E-state index contributed by atoms with van der Waals surface area (Å²) in [6, 6.07) is 5.42. The van der Waals surface area contributed by atoms with Gasteiger partial charge in [-0.15, -0.1) is 11.3 Å². The van der Waals surface area contributed by atoms with E-state index in [1.54, 1.807) is 32.0 Å². The maximum absolute atomic E-state index is 13.6. The molecule has 0 aliphatic carbocycles. The van der Waals surface area contributed by atoms with Crippen molar-refractivity contribution in [1.82, 2.24) is 10.3 Å². The molecule has 0 saturated heterocycles. The Hall–Kier alpha value is -2.28. The van der Waals surface area contributed by atoms with Crippen LogP contribution in [0.5, 0.6) is 0 Å². The van der Waals surface area contributed by atoms with E-state index in [9.17, 15) is 14.0 Å². The second kappa shape index (κ2) is 7.32. The fourth-order valence-electron chi connectivity index (χ4n) is 2.03. The van der Waals surface area contributed by atoms with E-state index in [4.69, 9.17) is 5.11 Å². The topological polar surface area (TPSA) is 79.3 Å². The number of carbonyl (C=O) groups excluding carboxylic acids is 1. The molecule has 1 amide bonds. The summed E-state index contributed by atoms with van der Waals surface area (Å²) in [5, 5.41) is 12.2. The van der Waals surface area contributed by atoms with E-state index in [0.29, 0.717) is 15.4 Å². The largest absolute Gasteiger partial charge is 0.480 e. The molecule has 0 unspecified atom stereocenters. The SMILES string of the molecule is CC(C)[C@H](NC(=O)c1cnc(Cc2ccccc2F)s1)C(=O)O. The van der Waals surface area contributed by atoms with E-state index in [-0.39, 0.29) is 18.2 Å². The first-order valence-corrected chi connectivity index (χ1v) is 7.92. The van der Waals surface area contributed by atoms with Crippen LogP contribution < -0.4 is 5.32 Å². The minimum atomic E-state index is -1.08. The van der Waals surface area contributed by atoms with Crippen molar-refractivity contribution in [2.24, 2.45) is 5.92 Å². The molecule has 23 heavy (non-hydrogen) atoms. The second-order valence-electron chi connectivity index (χ2n) is 5.42. The number of hydrogen-bond donors (Lipinski definition) is 2. The zero-order chi connectivity index (χ0) is 17.0. The normalized spacial score (nSPS) is 12.2. The Morgan fingerprint density at radius 1 is 1.35 bits per heavy atom. The molecule has 5 nitrogen and oxygen atoms in total. The van der Waals surface area contributed by atoms with Crippen LogP contribution >= 0.6 is 11.3 Å². The molecule has 0 aliphatic rings. The number of nitrogens with zero attached hydrogens (tertiary/aromatic N) is 1. The number of aliphatic carboxylic acids is 1. The lowest BCUT2D eigenvalue weighted by molar-refractivity contribution is -0.140. The zero-order valence-corrected chi connectivity index (χ0v) is 13.6. The van der Waals surface area contributed by atoms with E-state index in [1.165, 1.54) is 12.3 Å². The number of thiazole rings is 1. The minimum Gasteiger partial charge on any atom is -0.480 e. The molecule has 7 heteroatoms. The van der Waals surface area contributed by atoms with Gasteiger partial charge in [0, 0.05) is 6.42 Å². The first kappa shape index (κ1) is 17.1. The van der Waals surface area contributed by atoms with Gasteiger partial charge in [0.25, 0.3) is 5.91 Å². The number of nitrogens with one attached hydrogen (secondary N) is 1. The highest BCUT2D eigenvalue weighted by molar-refractivity contribution is 7.13. The van der Waals surface area contributed by atoms with Gasteiger partial charge in [0.1, 0.15) is 16.7 Å². The lowest BCUT2D eigenvalue weighted by atomic mass is 10.0. The fraction of sp³-hybridized carbons (Fsp3) is 0.312. The van der Waals surface area contributed by atoms with Crippen LogP contribution in [0.2, 0.25) is 0 Å². The quantitative estimate of drug-likeness (QED) is 0.850. The molecule has 0 aliphatic heterocycles. The van der Waals surface area contributed by atoms with Crippen molar-refractivity contribution in [1.29, 1.82) is 0 Å². The molecule has 2 rings (SSSR count). The third-order valence-corrected chi connectivity index (χ3v) is 4.29. The van der Waals surface area contributed by atoms with Crippen molar-refractivity contribution >= 4 is 23.2 Å². The van der Waals surface area contributed by atoms with Crippen LogP contribution in [0.4, 0.5) is 4.39 Å². The number of carboxylic acid groups (broad SMARTS) is 1. The van der Waals surface area contributed by atoms with Gasteiger partial charge in [-0.05, 0) is 17.5 Å². The molecule has 0 radical (unpaired) electrons. The monoisotopic (exact) mass is 336 g/mol. The molecule has 2 N–H and O–H groups in total. The number of rotatable bonds is 6. The maximum atomic E-state index is 13.6. The van der Waals surface area contributed by atoms with E-state index < -0.39 is 17.9 Å². The Morgan fingerprint density at radius 2 is 2.04 bits per heavy atom. The van der Waals surface area contributed by atoms with E-state index in [0.717, 1.165) is 11.3 Å². The van der Waals surface area contributed by atoms with Crippen molar-refractivity contribution in [2.75, 3.05) is 0 Å². The Kier molecular flexibility index (Phi) is 5.44. The van der Waals surface area contributed by atoms with Crippen molar-refractivity contribution in [3.05, 3.63) is 51.7 Å². The average molecular weight is 336 g/mol. The first-order valence-electron chi connectivity index (χ1n) is 7.10. The fourth-order valence-corrected chi connectivity index (χ4v) is 2.87. The van der Waals surface area contributed by atoms with E-state index in [2.05, 4.69) is 10.3 Å². The Morgan fingerprint density at radius 3 is 2.65 bits per heavy atom. The Balaban J connectivity index is 2.08. The molecule has 1 heterocycles. The molecule has 0 spiro atoms. The molecule has 0 fully saturated rings. The molecule has 2 aromatic rings. The van der Waals surface area contributed by atoms with Crippen molar-refractivity contribution < 1.29 is 19.1 Å². The zero-order valence-electron chi connectivity index (χ0n) is 12.7. The summed E-state index contributed by atoms with van der Waals surface area (Å²) in [4.78, 5) is 27.7. The summed E-state index contributed by atoms with van der Waals surface area (Å²) in [6.45, 7) is 3.44. The van der Waals surface area contributed by atoms with Crippen LogP contribution in [0.25, 0.3) is 0 Å². The number of amides is 1. The lowest BCUT2D eigenvalue weighted by Crippen LogP contribution is -2.44. The summed E-state index contributed by atoms with van der Waals surface area (Å²) in [5.41, 5.74) is 0.499. The molecule has 122 valence electrons. The molecular formula is C16H17FN2O3S. The van der Waals surface area contributed by atoms with Gasteiger partial charge in [-0.1, -0.05) is 32.0 Å². The van der Waals surface area contributed by atoms with Gasteiger partial charge < -0.3 is 10.4 Å². The average Bonchev–Trinajstić information content (AvgIpc) is 2.95. The standard InChI is InChI=1S/C16H17FN2O3S/c1-9(2)14(16(21)22)19-15(20)12-8-18-13(23-12)7-10-5-3-4-6-11(10)17/h3-6,8-9,14H,7H2,1-2H3,(H,19,20)(H,21,22)/t14-/m0/s1. The third kappa shape index (κ3) is 4.35. The first-order chi connectivity index (χ1) is 10.9. The number of halogens is 1. The van der Waals surface area contributed by atoms with Gasteiger partial charge in [-0.3, -0.25) is 4.79 Å². The highest BCUT2D eigenvalue weighted by atomic mass is 32.1. The van der Waals surface area contributed by atoms with Crippen molar-refractivity contribution in [2.45, 2.75) is 26.3 Å². The van der Waals surface area contributed by atoms with Gasteiger partial charge in [0.05, 0.1) is 11.2 Å². The summed E-state index contributed by atoms with van der Waals surface area (Å²) >= 11 is 1.13. The van der Waals surface area contributed by atoms with Gasteiger partial charge >= 0.3 is 5.97 Å². The summed E-state index contributed by atoms with van der Waals surface area (Å²) < 4.78 is 13.6. The molecule has 0 bridgehead atoms. The molecular weight excluding hydrogens is 319 g/mol. The molecule has 1 aromatic heterocycles. The van der Waals surface area contributed by atoms with E-state index in [1.807, 2.05) is 0 Å². The predicted molar refractivity (Wildman–Crippen MR) is 85.0 cm³/mol. The number of hydrogen-bond acceptors (Lipinski definition) is 4. The summed E-state index contributed by atoms with van der Waals surface area (Å²) in [5.74, 6) is -2.12. The third-order valence-electron chi connectivity index (χ3n) is 3.30. The Labute approximate surface area is 137 Å². The van der Waals surface area contributed by atoms with Crippen LogP contribution in [0.3, 0.4) is 0 Å². The number of carboxylic acids is 1. The summed E-state index contributed by atoms with van der Waals surface area (Å²) in [6.07, 6.45) is 1.67. The van der Waals surface area contributed by atoms with Gasteiger partial charge in [0.2, 0.25) is 0 Å². The predicted octanol–water partition coefficient (Wildman–Crippen LogP) is 2.71. The van der Waals surface area contributed by atoms with Crippen LogP contribution in [-0.4, -0.2) is 28.0 Å². The van der Waals surface area contributed by atoms with Crippen molar-refractivity contribution in [3.63, 3.8) is 0 Å². The second-order valence-corrected chi connectivity index (χ2v) is 6.54. The maximum Gasteiger partial charge on any atom is 0.326 e. The number of benzene rings is 1. The molecule has 1 aromatic carbocycles. The highest BCUT2D eigenvalue weighted by Gasteiger charge is 2.24. The van der Waals surface area contributed by atoms with E-state index >= 15 is 0 Å². The van der Waals surface area contributed by atoms with Crippen LogP contribution in [-0.2, 0) is 11.2 Å². The number of aromatic nitrogens is 1. The van der Waals surface area contributed by atoms with Crippen LogP contribution in [0, 0.1) is 11.7 Å². The minimum absolute atomic E-state index is 0.234. The summed E-state index contributed by atoms with van der Waals surface area (Å²) in [7, 11) is 0. The van der Waals surface area contributed by atoms with Crippen LogP contribution in [0.1, 0.15) is 34.1 Å². The molecule has 1 atom stereocenters. The van der Waals surface area contributed by atoms with Crippen molar-refractivity contribution in [3.8, 4) is 0 Å². The molecule has 0 saturated carbocycles. The number of carbonyl (C=O) groups is 2. The van der Waals surface area contributed by atoms with Gasteiger partial charge in [-0.25, -0.2) is 14.2 Å². The van der Waals surface area contributed by atoms with Gasteiger partial charge in [-0.2, -0.15) is 0 Å².